The smallest absolute Gasteiger partial charge is 0.429 e. The summed E-state index contributed by atoms with van der Waals surface area (Å²) in [5.41, 5.74) is -5.41. The van der Waals surface area contributed by atoms with Crippen LogP contribution in [0.15, 0.2) is 78.0 Å². The lowest BCUT2D eigenvalue weighted by molar-refractivity contribution is -0.119. The van der Waals surface area contributed by atoms with Gasteiger partial charge in [0, 0.05) is 18.1 Å². The van der Waals surface area contributed by atoms with Crippen molar-refractivity contribution in [2.45, 2.75) is 31.5 Å². The Hall–Kier alpha value is -4.86. The number of amides is 1. The lowest BCUT2D eigenvalue weighted by Crippen LogP contribution is -2.34. The summed E-state index contributed by atoms with van der Waals surface area (Å²) in [5.74, 6) is -2.85. The zero-order valence-corrected chi connectivity index (χ0v) is 21.9. The molecule has 0 aliphatic carbocycles. The van der Waals surface area contributed by atoms with Crippen LogP contribution in [0.5, 0.6) is 11.5 Å². The standard InChI is InChI=1S/C25H21F3N4O8S/c1-2-19(23(34)30-17-9-11-32-18(12-17)8-10-29-32)31-14-21(39-24(35)38-15-16-6-4-3-5-7-16)20(13-22(31)33)40-41(36,37)25(26,27)28/h3-14,19H,2,15H2,1H3,(H,30,34). The molecule has 1 aromatic carbocycles. The number of carbonyl (C=O) groups excluding carboxylic acids is 2. The minimum atomic E-state index is -6.26. The minimum Gasteiger partial charge on any atom is -0.429 e. The highest BCUT2D eigenvalue weighted by atomic mass is 32.2. The number of aromatic nitrogens is 3. The van der Waals surface area contributed by atoms with Crippen LogP contribution < -0.4 is 19.8 Å². The summed E-state index contributed by atoms with van der Waals surface area (Å²) < 4.78 is 78.5. The van der Waals surface area contributed by atoms with Gasteiger partial charge in [0.25, 0.3) is 5.56 Å². The van der Waals surface area contributed by atoms with E-state index in [0.717, 1.165) is 4.57 Å². The number of alkyl halides is 3. The molecule has 0 fully saturated rings. The van der Waals surface area contributed by atoms with Gasteiger partial charge < -0.3 is 19.0 Å². The van der Waals surface area contributed by atoms with Gasteiger partial charge in [0.15, 0.2) is 11.5 Å². The summed E-state index contributed by atoms with van der Waals surface area (Å²) in [6.07, 6.45) is 2.38. The molecule has 0 spiro atoms. The Bertz CT molecular complexity index is 1740. The van der Waals surface area contributed by atoms with Gasteiger partial charge in [-0.05, 0) is 30.2 Å². The van der Waals surface area contributed by atoms with Crippen LogP contribution in [-0.2, 0) is 26.3 Å². The Morgan fingerprint density at radius 1 is 1.07 bits per heavy atom. The molecule has 0 aliphatic heterocycles. The summed E-state index contributed by atoms with van der Waals surface area (Å²) in [4.78, 5) is 38.3. The van der Waals surface area contributed by atoms with Crippen molar-refractivity contribution < 1.29 is 44.8 Å². The minimum absolute atomic E-state index is 0.000383. The van der Waals surface area contributed by atoms with Crippen LogP contribution in [0.4, 0.5) is 23.7 Å². The summed E-state index contributed by atoms with van der Waals surface area (Å²) in [6, 6.07) is 12.2. The van der Waals surface area contributed by atoms with Gasteiger partial charge in [-0.3, -0.25) is 14.2 Å². The number of nitrogens with one attached hydrogen (secondary N) is 1. The number of rotatable bonds is 9. The molecular formula is C25H21F3N4O8S. The maximum absolute atomic E-state index is 13.1. The molecule has 41 heavy (non-hydrogen) atoms. The van der Waals surface area contributed by atoms with Crippen molar-refractivity contribution in [3.05, 3.63) is 89.1 Å². The highest BCUT2D eigenvalue weighted by Crippen LogP contribution is 2.33. The SMILES string of the molecule is CCC(C(=O)Nc1ccn2nccc2c1)n1cc(OC(=O)OCc2ccccc2)c(OS(=O)(=O)C(F)(F)F)cc1=O. The number of nitrogens with zero attached hydrogens (tertiary/aromatic N) is 3. The molecule has 0 saturated heterocycles. The molecule has 1 atom stereocenters. The van der Waals surface area contributed by atoms with Crippen molar-refractivity contribution in [1.29, 1.82) is 0 Å². The Morgan fingerprint density at radius 2 is 1.80 bits per heavy atom. The molecule has 1 unspecified atom stereocenters. The van der Waals surface area contributed by atoms with Crippen LogP contribution in [0.1, 0.15) is 24.9 Å². The van der Waals surface area contributed by atoms with Crippen molar-refractivity contribution >= 4 is 33.4 Å². The predicted octanol–water partition coefficient (Wildman–Crippen LogP) is 4.03. The molecule has 3 aromatic heterocycles. The third-order valence-electron chi connectivity index (χ3n) is 5.58. The molecule has 0 saturated carbocycles. The monoisotopic (exact) mass is 594 g/mol. The first-order valence-electron chi connectivity index (χ1n) is 11.8. The summed E-state index contributed by atoms with van der Waals surface area (Å²) in [5, 5.41) is 6.67. The quantitative estimate of drug-likeness (QED) is 0.172. The Morgan fingerprint density at radius 3 is 2.49 bits per heavy atom. The largest absolute Gasteiger partial charge is 0.534 e. The van der Waals surface area contributed by atoms with E-state index >= 15 is 0 Å². The number of carbonyl (C=O) groups is 2. The summed E-state index contributed by atoms with van der Waals surface area (Å²) >= 11 is 0. The predicted molar refractivity (Wildman–Crippen MR) is 137 cm³/mol. The number of ether oxygens (including phenoxy) is 2. The Labute approximate surface area is 230 Å². The average molecular weight is 595 g/mol. The molecule has 0 aliphatic rings. The first-order chi connectivity index (χ1) is 19.4. The van der Waals surface area contributed by atoms with Crippen molar-refractivity contribution in [2.24, 2.45) is 0 Å². The van der Waals surface area contributed by atoms with Gasteiger partial charge in [0.05, 0.1) is 17.8 Å². The van der Waals surface area contributed by atoms with Gasteiger partial charge >= 0.3 is 21.8 Å². The molecule has 3 heterocycles. The number of anilines is 1. The molecule has 0 radical (unpaired) electrons. The zero-order chi connectivity index (χ0) is 29.8. The van der Waals surface area contributed by atoms with Crippen LogP contribution in [0.3, 0.4) is 0 Å². The van der Waals surface area contributed by atoms with Crippen LogP contribution >= 0.6 is 0 Å². The van der Waals surface area contributed by atoms with E-state index in [9.17, 15) is 36.0 Å². The Balaban J connectivity index is 1.64. The van der Waals surface area contributed by atoms with Crippen molar-refractivity contribution in [2.75, 3.05) is 5.32 Å². The number of hydrogen-bond donors (Lipinski definition) is 1. The molecule has 0 bridgehead atoms. The first kappa shape index (κ1) is 29.1. The van der Waals surface area contributed by atoms with E-state index in [2.05, 4.69) is 14.6 Å². The fourth-order valence-corrected chi connectivity index (χ4v) is 4.09. The molecule has 4 aromatic rings. The molecule has 12 nitrogen and oxygen atoms in total. The van der Waals surface area contributed by atoms with E-state index < -0.39 is 50.8 Å². The third-order valence-corrected chi connectivity index (χ3v) is 6.54. The van der Waals surface area contributed by atoms with E-state index in [1.165, 1.54) is 0 Å². The zero-order valence-electron chi connectivity index (χ0n) is 21.1. The topological polar surface area (TPSA) is 147 Å². The number of fused-ring (bicyclic) bond motifs is 1. The van der Waals surface area contributed by atoms with E-state index in [1.54, 1.807) is 72.4 Å². The van der Waals surface area contributed by atoms with Gasteiger partial charge in [0.1, 0.15) is 12.6 Å². The van der Waals surface area contributed by atoms with Gasteiger partial charge in [-0.1, -0.05) is 37.3 Å². The van der Waals surface area contributed by atoms with E-state index in [0.29, 0.717) is 29.0 Å². The molecule has 216 valence electrons. The van der Waals surface area contributed by atoms with Crippen LogP contribution in [0.25, 0.3) is 5.52 Å². The van der Waals surface area contributed by atoms with Crippen LogP contribution in [-0.4, -0.2) is 40.2 Å². The fourth-order valence-electron chi connectivity index (χ4n) is 3.63. The highest BCUT2D eigenvalue weighted by molar-refractivity contribution is 7.88. The van der Waals surface area contributed by atoms with E-state index in [4.69, 9.17) is 9.47 Å². The van der Waals surface area contributed by atoms with Gasteiger partial charge in [-0.15, -0.1) is 0 Å². The van der Waals surface area contributed by atoms with Crippen LogP contribution in [0.2, 0.25) is 0 Å². The number of benzene rings is 1. The molecule has 1 N–H and O–H groups in total. The fraction of sp³-hybridized carbons (Fsp3) is 0.200. The maximum Gasteiger partial charge on any atom is 0.534 e. The number of pyridine rings is 2. The van der Waals surface area contributed by atoms with Crippen molar-refractivity contribution in [1.82, 2.24) is 14.2 Å². The van der Waals surface area contributed by atoms with Gasteiger partial charge in [0.2, 0.25) is 5.91 Å². The molecule has 1 amide bonds. The van der Waals surface area contributed by atoms with Gasteiger partial charge in [-0.2, -0.15) is 26.7 Å². The third kappa shape index (κ3) is 6.84. The Kier molecular flexibility index (Phi) is 8.32. The molecule has 16 heteroatoms. The van der Waals surface area contributed by atoms with E-state index in [-0.39, 0.29) is 13.0 Å². The number of hydrogen-bond acceptors (Lipinski definition) is 9. The molecule has 4 rings (SSSR count). The number of halogens is 3. The summed E-state index contributed by atoms with van der Waals surface area (Å²) in [7, 11) is -6.26. The lowest BCUT2D eigenvalue weighted by Gasteiger charge is -2.20. The average Bonchev–Trinajstić information content (AvgIpc) is 3.38. The van der Waals surface area contributed by atoms with E-state index in [1.807, 2.05) is 0 Å². The molecular weight excluding hydrogens is 573 g/mol. The van der Waals surface area contributed by atoms with Gasteiger partial charge in [-0.25, -0.2) is 9.31 Å². The van der Waals surface area contributed by atoms with Crippen molar-refractivity contribution in [3.63, 3.8) is 0 Å². The second kappa shape index (κ2) is 11.7. The lowest BCUT2D eigenvalue weighted by atomic mass is 10.2. The second-order valence-electron chi connectivity index (χ2n) is 8.39. The second-order valence-corrected chi connectivity index (χ2v) is 9.92. The first-order valence-corrected chi connectivity index (χ1v) is 13.2. The van der Waals surface area contributed by atoms with Crippen LogP contribution in [0, 0.1) is 0 Å². The highest BCUT2D eigenvalue weighted by Gasteiger charge is 2.49. The van der Waals surface area contributed by atoms with Crippen molar-refractivity contribution in [3.8, 4) is 11.5 Å². The maximum atomic E-state index is 13.1. The normalized spacial score (nSPS) is 12.5. The summed E-state index contributed by atoms with van der Waals surface area (Å²) in [6.45, 7) is 1.25.